The third kappa shape index (κ3) is 3.38. The molecule has 0 fully saturated rings. The van der Waals surface area contributed by atoms with Crippen molar-refractivity contribution in [1.29, 1.82) is 0 Å². The summed E-state index contributed by atoms with van der Waals surface area (Å²) in [5, 5.41) is 8.61. The standard InChI is InChI=1S/C18H10F9NO2/c19-15(20,21)8-28-13-6-5-9(16(30,17(22,23)24)18(25,26)27)7-12(13)10-3-1-2-4-11(10)14(28)29/h1-7,30H,8H2. The molecule has 0 unspecified atom stereocenters. The van der Waals surface area contributed by atoms with E-state index in [9.17, 15) is 49.4 Å². The first kappa shape index (κ1) is 21.9. The van der Waals surface area contributed by atoms with E-state index in [1.54, 1.807) is 0 Å². The quantitative estimate of drug-likeness (QED) is 0.446. The van der Waals surface area contributed by atoms with Crippen LogP contribution in [0, 0.1) is 0 Å². The second kappa shape index (κ2) is 6.62. The number of benzene rings is 2. The van der Waals surface area contributed by atoms with Crippen molar-refractivity contribution in [2.45, 2.75) is 30.7 Å². The lowest BCUT2D eigenvalue weighted by molar-refractivity contribution is -0.376. The number of hydrogen-bond donors (Lipinski definition) is 1. The maximum atomic E-state index is 13.2. The van der Waals surface area contributed by atoms with Crippen LogP contribution in [-0.2, 0) is 12.1 Å². The molecular formula is C18H10F9NO2. The molecule has 30 heavy (non-hydrogen) atoms. The van der Waals surface area contributed by atoms with Crippen molar-refractivity contribution in [3.63, 3.8) is 0 Å². The van der Waals surface area contributed by atoms with Crippen LogP contribution < -0.4 is 5.56 Å². The molecule has 0 amide bonds. The van der Waals surface area contributed by atoms with Gasteiger partial charge < -0.3 is 5.11 Å². The molecule has 1 heterocycles. The third-order valence-corrected chi connectivity index (χ3v) is 4.56. The summed E-state index contributed by atoms with van der Waals surface area (Å²) >= 11 is 0. The van der Waals surface area contributed by atoms with Crippen molar-refractivity contribution < 1.29 is 44.6 Å². The number of halogens is 9. The molecule has 3 nitrogen and oxygen atoms in total. The fraction of sp³-hybridized carbons (Fsp3) is 0.278. The van der Waals surface area contributed by atoms with Gasteiger partial charge in [0.05, 0.1) is 5.52 Å². The second-order valence-corrected chi connectivity index (χ2v) is 6.49. The minimum absolute atomic E-state index is 0.163. The van der Waals surface area contributed by atoms with Crippen molar-refractivity contribution in [3.8, 4) is 0 Å². The van der Waals surface area contributed by atoms with E-state index in [0.29, 0.717) is 12.1 Å². The Morgan fingerprint density at radius 2 is 1.30 bits per heavy atom. The summed E-state index contributed by atoms with van der Waals surface area (Å²) in [6, 6.07) is 5.86. The molecule has 0 saturated heterocycles. The highest BCUT2D eigenvalue weighted by molar-refractivity contribution is 6.05. The zero-order valence-electron chi connectivity index (χ0n) is 14.5. The van der Waals surface area contributed by atoms with Gasteiger partial charge in [0.25, 0.3) is 11.2 Å². The van der Waals surface area contributed by atoms with Crippen LogP contribution >= 0.6 is 0 Å². The summed E-state index contributed by atoms with van der Waals surface area (Å²) in [4.78, 5) is 12.5. The number of nitrogens with zero attached hydrogens (tertiary/aromatic N) is 1. The van der Waals surface area contributed by atoms with E-state index in [4.69, 9.17) is 0 Å². The van der Waals surface area contributed by atoms with Gasteiger partial charge >= 0.3 is 18.5 Å². The van der Waals surface area contributed by atoms with Gasteiger partial charge in [-0.05, 0) is 23.6 Å². The first-order chi connectivity index (χ1) is 13.6. The molecule has 0 radical (unpaired) electrons. The molecule has 0 spiro atoms. The number of pyridine rings is 1. The van der Waals surface area contributed by atoms with Crippen LogP contribution in [0.3, 0.4) is 0 Å². The zero-order valence-corrected chi connectivity index (χ0v) is 14.5. The van der Waals surface area contributed by atoms with Crippen LogP contribution in [0.15, 0.2) is 47.3 Å². The van der Waals surface area contributed by atoms with Gasteiger partial charge in [-0.1, -0.05) is 24.3 Å². The summed E-state index contributed by atoms with van der Waals surface area (Å²) < 4.78 is 118. The number of fused-ring (bicyclic) bond motifs is 3. The maximum absolute atomic E-state index is 13.2. The minimum atomic E-state index is -6.17. The van der Waals surface area contributed by atoms with Crippen LogP contribution in [0.25, 0.3) is 21.7 Å². The van der Waals surface area contributed by atoms with Gasteiger partial charge in [0, 0.05) is 16.3 Å². The van der Waals surface area contributed by atoms with Crippen molar-refractivity contribution in [3.05, 3.63) is 58.4 Å². The Labute approximate surface area is 160 Å². The normalized spacial score (nSPS) is 13.9. The Bertz CT molecular complexity index is 1160. The monoisotopic (exact) mass is 443 g/mol. The molecule has 3 aromatic rings. The highest BCUT2D eigenvalue weighted by Gasteiger charge is 2.71. The first-order valence-corrected chi connectivity index (χ1v) is 8.06. The van der Waals surface area contributed by atoms with E-state index in [-0.39, 0.29) is 21.4 Å². The average molecular weight is 443 g/mol. The molecule has 1 aromatic heterocycles. The third-order valence-electron chi connectivity index (χ3n) is 4.56. The van der Waals surface area contributed by atoms with Crippen LogP contribution in [0.2, 0.25) is 0 Å². The first-order valence-electron chi connectivity index (χ1n) is 8.06. The molecule has 1 N–H and O–H groups in total. The van der Waals surface area contributed by atoms with E-state index in [0.717, 1.165) is 6.07 Å². The molecule has 0 aliphatic heterocycles. The maximum Gasteiger partial charge on any atom is 0.430 e. The number of aromatic nitrogens is 1. The van der Waals surface area contributed by atoms with E-state index in [1.807, 2.05) is 0 Å². The molecule has 0 aliphatic carbocycles. The Morgan fingerprint density at radius 1 is 0.767 bits per heavy atom. The SMILES string of the molecule is O=c1c2ccccc2c2cc(C(O)(C(F)(F)F)C(F)(F)F)ccc2n1CC(F)(F)F. The predicted octanol–water partition coefficient (Wildman–Crippen LogP) is 5.03. The van der Waals surface area contributed by atoms with Gasteiger partial charge in [-0.3, -0.25) is 9.36 Å². The van der Waals surface area contributed by atoms with Crippen LogP contribution in [0.1, 0.15) is 5.56 Å². The van der Waals surface area contributed by atoms with Gasteiger partial charge in [0.1, 0.15) is 6.54 Å². The fourth-order valence-electron chi connectivity index (χ4n) is 3.20. The lowest BCUT2D eigenvalue weighted by atomic mass is 9.90. The molecule has 12 heteroatoms. The smallest absolute Gasteiger partial charge is 0.369 e. The van der Waals surface area contributed by atoms with Crippen LogP contribution in [0.5, 0.6) is 0 Å². The number of alkyl halides is 9. The summed E-state index contributed by atoms with van der Waals surface area (Å²) in [5.41, 5.74) is -8.56. The van der Waals surface area contributed by atoms with Crippen molar-refractivity contribution in [2.24, 2.45) is 0 Å². The van der Waals surface area contributed by atoms with Gasteiger partial charge in [-0.25, -0.2) is 0 Å². The number of aliphatic hydroxyl groups is 1. The Balaban J connectivity index is 2.46. The van der Waals surface area contributed by atoms with Crippen molar-refractivity contribution >= 4 is 21.7 Å². The Kier molecular flexibility index (Phi) is 4.84. The van der Waals surface area contributed by atoms with Crippen molar-refractivity contribution in [2.75, 3.05) is 0 Å². The van der Waals surface area contributed by atoms with Gasteiger partial charge in [-0.15, -0.1) is 0 Å². The van der Waals surface area contributed by atoms with Crippen LogP contribution in [-0.4, -0.2) is 28.2 Å². The molecule has 0 aliphatic rings. The van der Waals surface area contributed by atoms with Gasteiger partial charge in [0.15, 0.2) is 0 Å². The molecule has 0 bridgehead atoms. The van der Waals surface area contributed by atoms with Crippen molar-refractivity contribution in [1.82, 2.24) is 4.57 Å². The molecule has 3 rings (SSSR count). The summed E-state index contributed by atoms with van der Waals surface area (Å²) in [7, 11) is 0. The Hall–Kier alpha value is -2.76. The fourth-order valence-corrected chi connectivity index (χ4v) is 3.20. The van der Waals surface area contributed by atoms with E-state index < -0.39 is 52.7 Å². The van der Waals surface area contributed by atoms with Crippen LogP contribution in [0.4, 0.5) is 39.5 Å². The lowest BCUT2D eigenvalue weighted by Gasteiger charge is -2.33. The van der Waals surface area contributed by atoms with E-state index >= 15 is 0 Å². The predicted molar refractivity (Wildman–Crippen MR) is 87.8 cm³/mol. The number of hydrogen-bond acceptors (Lipinski definition) is 2. The lowest BCUT2D eigenvalue weighted by Crippen LogP contribution is -2.53. The average Bonchev–Trinajstić information content (AvgIpc) is 2.61. The van der Waals surface area contributed by atoms with Gasteiger partial charge in [-0.2, -0.15) is 39.5 Å². The van der Waals surface area contributed by atoms with Gasteiger partial charge in [0.2, 0.25) is 0 Å². The summed E-state index contributed by atoms with van der Waals surface area (Å²) in [6.45, 7) is -1.81. The summed E-state index contributed by atoms with van der Waals surface area (Å²) in [6.07, 6.45) is -17.2. The second-order valence-electron chi connectivity index (χ2n) is 6.49. The van der Waals surface area contributed by atoms with E-state index in [2.05, 4.69) is 0 Å². The minimum Gasteiger partial charge on any atom is -0.369 e. The molecule has 162 valence electrons. The number of rotatable bonds is 2. The highest BCUT2D eigenvalue weighted by Crippen LogP contribution is 2.50. The molecule has 2 aromatic carbocycles. The highest BCUT2D eigenvalue weighted by atomic mass is 19.4. The largest absolute Gasteiger partial charge is 0.430 e. The molecule has 0 saturated carbocycles. The molecular weight excluding hydrogens is 433 g/mol. The van der Waals surface area contributed by atoms with E-state index in [1.165, 1.54) is 18.2 Å². The zero-order chi connectivity index (χ0) is 22.7. The Morgan fingerprint density at radius 3 is 1.80 bits per heavy atom. The summed E-state index contributed by atoms with van der Waals surface area (Å²) in [5.74, 6) is 0. The topological polar surface area (TPSA) is 42.2 Å². The molecule has 0 atom stereocenters.